The van der Waals surface area contributed by atoms with E-state index in [0.29, 0.717) is 11.8 Å². The molecular formula is C18H19N3OS. The second-order valence-corrected chi connectivity index (χ2v) is 6.79. The van der Waals surface area contributed by atoms with Crippen LogP contribution in [0.1, 0.15) is 18.0 Å². The molecule has 5 heteroatoms. The Bertz CT molecular complexity index is 786. The lowest BCUT2D eigenvalue weighted by molar-refractivity contribution is 0.180. The van der Waals surface area contributed by atoms with E-state index in [4.69, 9.17) is 12.2 Å². The van der Waals surface area contributed by atoms with E-state index in [1.165, 1.54) is 0 Å². The molecule has 1 fully saturated rings. The number of thiocarbonyl (C=S) groups is 1. The zero-order chi connectivity index (χ0) is 15.8. The second-order valence-electron chi connectivity index (χ2n) is 6.40. The number of fused-ring (bicyclic) bond motifs is 4. The minimum atomic E-state index is 0.121. The number of hydrogen-bond acceptors (Lipinski definition) is 2. The highest BCUT2D eigenvalue weighted by Gasteiger charge is 2.35. The molecule has 23 heavy (non-hydrogen) atoms. The first kappa shape index (κ1) is 14.5. The molecule has 2 bridgehead atoms. The van der Waals surface area contributed by atoms with E-state index in [1.54, 1.807) is 6.07 Å². The minimum absolute atomic E-state index is 0.121. The molecule has 0 saturated carbocycles. The number of likely N-dealkylation sites (tertiary alicyclic amines) is 1. The first-order valence-electron chi connectivity index (χ1n) is 8.01. The van der Waals surface area contributed by atoms with E-state index in [-0.39, 0.29) is 5.56 Å². The van der Waals surface area contributed by atoms with Crippen LogP contribution in [0.4, 0.5) is 5.69 Å². The van der Waals surface area contributed by atoms with Crippen molar-refractivity contribution in [1.29, 1.82) is 0 Å². The van der Waals surface area contributed by atoms with Gasteiger partial charge in [-0.15, -0.1) is 0 Å². The van der Waals surface area contributed by atoms with Crippen molar-refractivity contribution in [3.8, 4) is 0 Å². The van der Waals surface area contributed by atoms with Gasteiger partial charge in [0, 0.05) is 43.0 Å². The number of pyridine rings is 1. The predicted octanol–water partition coefficient (Wildman–Crippen LogP) is 2.66. The van der Waals surface area contributed by atoms with Gasteiger partial charge < -0.3 is 14.8 Å². The molecule has 1 saturated heterocycles. The molecule has 4 nitrogen and oxygen atoms in total. The van der Waals surface area contributed by atoms with Crippen LogP contribution in [0.5, 0.6) is 0 Å². The van der Waals surface area contributed by atoms with Gasteiger partial charge in [0.2, 0.25) is 0 Å². The van der Waals surface area contributed by atoms with E-state index >= 15 is 0 Å². The van der Waals surface area contributed by atoms with Gasteiger partial charge in [-0.1, -0.05) is 24.3 Å². The van der Waals surface area contributed by atoms with Crippen molar-refractivity contribution in [2.24, 2.45) is 5.92 Å². The highest BCUT2D eigenvalue weighted by atomic mass is 32.1. The molecule has 1 aromatic carbocycles. The van der Waals surface area contributed by atoms with Gasteiger partial charge in [-0.25, -0.2) is 0 Å². The molecule has 118 valence electrons. The third-order valence-corrected chi connectivity index (χ3v) is 5.15. The summed E-state index contributed by atoms with van der Waals surface area (Å²) in [5.41, 5.74) is 2.29. The summed E-state index contributed by atoms with van der Waals surface area (Å²) in [6.07, 6.45) is 1.15. The standard InChI is InChI=1S/C18H19N3OS/c22-17-8-4-7-16-14-9-13(11-21(16)17)10-20(12-14)18(23)19-15-5-2-1-3-6-15/h1-8,13-14H,9-12H2,(H,19,23)/t13-,14+/m0/s1. The summed E-state index contributed by atoms with van der Waals surface area (Å²) in [4.78, 5) is 14.3. The Morgan fingerprint density at radius 1 is 1.04 bits per heavy atom. The van der Waals surface area contributed by atoms with Gasteiger partial charge in [0.05, 0.1) is 0 Å². The van der Waals surface area contributed by atoms with Crippen molar-refractivity contribution in [1.82, 2.24) is 9.47 Å². The Labute approximate surface area is 140 Å². The van der Waals surface area contributed by atoms with Crippen molar-refractivity contribution < 1.29 is 0 Å². The van der Waals surface area contributed by atoms with Crippen molar-refractivity contribution in [2.45, 2.75) is 18.9 Å². The molecule has 0 amide bonds. The fraction of sp³-hybridized carbons (Fsp3) is 0.333. The van der Waals surface area contributed by atoms with Crippen molar-refractivity contribution >= 4 is 23.0 Å². The Balaban J connectivity index is 1.54. The summed E-state index contributed by atoms with van der Waals surface area (Å²) < 4.78 is 1.95. The highest BCUT2D eigenvalue weighted by molar-refractivity contribution is 7.80. The number of benzene rings is 1. The van der Waals surface area contributed by atoms with Gasteiger partial charge in [-0.05, 0) is 42.8 Å². The zero-order valence-electron chi connectivity index (χ0n) is 12.8. The molecule has 3 heterocycles. The summed E-state index contributed by atoms with van der Waals surface area (Å²) >= 11 is 5.60. The third kappa shape index (κ3) is 2.77. The van der Waals surface area contributed by atoms with Crippen molar-refractivity contribution in [3.05, 3.63) is 64.6 Å². The summed E-state index contributed by atoms with van der Waals surface area (Å²) in [7, 11) is 0. The lowest BCUT2D eigenvalue weighted by atomic mass is 9.83. The Morgan fingerprint density at radius 2 is 1.87 bits per heavy atom. The largest absolute Gasteiger partial charge is 0.348 e. The number of nitrogens with one attached hydrogen (secondary N) is 1. The molecule has 0 unspecified atom stereocenters. The van der Waals surface area contributed by atoms with Gasteiger partial charge >= 0.3 is 0 Å². The Hall–Kier alpha value is -2.14. The number of aromatic nitrogens is 1. The van der Waals surface area contributed by atoms with Crippen LogP contribution in [0.25, 0.3) is 0 Å². The van der Waals surface area contributed by atoms with Crippen molar-refractivity contribution in [2.75, 3.05) is 18.4 Å². The van der Waals surface area contributed by atoms with Crippen LogP contribution >= 0.6 is 12.2 Å². The molecule has 2 aliphatic heterocycles. The summed E-state index contributed by atoms with van der Waals surface area (Å²) in [6, 6.07) is 15.6. The number of piperidine rings is 1. The molecule has 2 atom stereocenters. The third-order valence-electron chi connectivity index (χ3n) is 4.79. The lowest BCUT2D eigenvalue weighted by Gasteiger charge is -2.43. The van der Waals surface area contributed by atoms with Crippen LogP contribution in [-0.2, 0) is 6.54 Å². The fourth-order valence-electron chi connectivity index (χ4n) is 3.79. The fourth-order valence-corrected chi connectivity index (χ4v) is 4.05. The van der Waals surface area contributed by atoms with Crippen LogP contribution < -0.4 is 10.9 Å². The van der Waals surface area contributed by atoms with E-state index in [9.17, 15) is 4.79 Å². The van der Waals surface area contributed by atoms with E-state index < -0.39 is 0 Å². The quantitative estimate of drug-likeness (QED) is 0.818. The van der Waals surface area contributed by atoms with Gasteiger partial charge in [0.25, 0.3) is 5.56 Å². The maximum Gasteiger partial charge on any atom is 0.250 e. The lowest BCUT2D eigenvalue weighted by Crippen LogP contribution is -2.50. The van der Waals surface area contributed by atoms with Gasteiger partial charge in [0.15, 0.2) is 5.11 Å². The smallest absolute Gasteiger partial charge is 0.250 e. The molecule has 1 aromatic heterocycles. The number of hydrogen-bond donors (Lipinski definition) is 1. The first-order chi connectivity index (χ1) is 11.2. The highest BCUT2D eigenvalue weighted by Crippen LogP contribution is 2.35. The summed E-state index contributed by atoms with van der Waals surface area (Å²) in [5, 5.41) is 4.10. The number of para-hydroxylation sites is 1. The van der Waals surface area contributed by atoms with Crippen LogP contribution in [0.15, 0.2) is 53.3 Å². The maximum absolute atomic E-state index is 12.1. The monoisotopic (exact) mass is 325 g/mol. The van der Waals surface area contributed by atoms with Crippen molar-refractivity contribution in [3.63, 3.8) is 0 Å². The normalized spacial score (nSPS) is 22.3. The van der Waals surface area contributed by atoms with Gasteiger partial charge in [-0.2, -0.15) is 0 Å². The number of nitrogens with zero attached hydrogens (tertiary/aromatic N) is 2. The molecular weight excluding hydrogens is 306 g/mol. The van der Waals surface area contributed by atoms with Crippen LogP contribution in [-0.4, -0.2) is 27.7 Å². The average molecular weight is 325 g/mol. The topological polar surface area (TPSA) is 37.3 Å². The summed E-state index contributed by atoms with van der Waals surface area (Å²) in [5.74, 6) is 0.865. The predicted molar refractivity (Wildman–Crippen MR) is 95.8 cm³/mol. The average Bonchev–Trinajstić information content (AvgIpc) is 2.57. The molecule has 2 aromatic rings. The van der Waals surface area contributed by atoms with Gasteiger partial charge in [-0.3, -0.25) is 4.79 Å². The molecule has 0 aliphatic carbocycles. The number of anilines is 1. The summed E-state index contributed by atoms with van der Waals surface area (Å²) in [6.45, 7) is 2.59. The SMILES string of the molecule is O=c1cccc2n1C[C@H]1C[C@@H]2CN(C(=S)Nc2ccccc2)C1. The van der Waals surface area contributed by atoms with Gasteiger partial charge in [0.1, 0.15) is 0 Å². The van der Waals surface area contributed by atoms with E-state index in [1.807, 2.05) is 41.0 Å². The molecule has 2 aliphatic rings. The van der Waals surface area contributed by atoms with Crippen LogP contribution in [0, 0.1) is 5.92 Å². The molecule has 0 spiro atoms. The van der Waals surface area contributed by atoms with Crippen LogP contribution in [0.2, 0.25) is 0 Å². The Kier molecular flexibility index (Phi) is 3.65. The van der Waals surface area contributed by atoms with E-state index in [0.717, 1.165) is 42.5 Å². The number of rotatable bonds is 1. The minimum Gasteiger partial charge on any atom is -0.348 e. The van der Waals surface area contributed by atoms with E-state index in [2.05, 4.69) is 16.3 Å². The molecule has 4 rings (SSSR count). The zero-order valence-corrected chi connectivity index (χ0v) is 13.6. The second kappa shape index (κ2) is 5.81. The Morgan fingerprint density at radius 3 is 2.70 bits per heavy atom. The van der Waals surface area contributed by atoms with Crippen LogP contribution in [0.3, 0.4) is 0 Å². The molecule has 1 N–H and O–H groups in total. The first-order valence-corrected chi connectivity index (χ1v) is 8.42. The maximum atomic E-state index is 12.1. The molecule has 0 radical (unpaired) electrons.